The minimum atomic E-state index is -4.34. The Hall–Kier alpha value is -1.74. The molecule has 3 rings (SSSR count). The van der Waals surface area contributed by atoms with Crippen LogP contribution in [0.1, 0.15) is 5.56 Å². The third kappa shape index (κ3) is 1.49. The first-order chi connectivity index (χ1) is 6.83. The number of anilines is 2. The van der Waals surface area contributed by atoms with E-state index in [0.717, 1.165) is 0 Å². The number of halogens is 1. The van der Waals surface area contributed by atoms with Crippen LogP contribution in [0.3, 0.4) is 0 Å². The molecule has 2 aliphatic rings. The van der Waals surface area contributed by atoms with Gasteiger partial charge in [-0.05, 0) is 6.92 Å². The van der Waals surface area contributed by atoms with Crippen LogP contribution in [0.5, 0.6) is 11.5 Å². The number of hydrogen-bond donors (Lipinski definition) is 2. The summed E-state index contributed by atoms with van der Waals surface area (Å²) in [5, 5.41) is 0. The van der Waals surface area contributed by atoms with E-state index in [9.17, 15) is 12.8 Å². The predicted molar refractivity (Wildman–Crippen MR) is 53.8 cm³/mol. The smallest absolute Gasteiger partial charge is 0.412 e. The van der Waals surface area contributed by atoms with E-state index in [0.29, 0.717) is 0 Å². The van der Waals surface area contributed by atoms with Crippen LogP contribution in [0.15, 0.2) is 0 Å². The van der Waals surface area contributed by atoms with Crippen LogP contribution < -0.4 is 19.8 Å². The van der Waals surface area contributed by atoms with E-state index in [1.165, 1.54) is 6.92 Å². The molecule has 0 unspecified atom stereocenters. The molecular weight excluding hydrogens is 243 g/mol. The Morgan fingerprint density at radius 2 is 1.62 bits per heavy atom. The second-order valence-electron chi connectivity index (χ2n) is 3.00. The lowest BCUT2D eigenvalue weighted by Gasteiger charge is -2.07. The third-order valence-corrected chi connectivity index (χ3v) is 2.78. The van der Waals surface area contributed by atoms with Gasteiger partial charge in [0.1, 0.15) is 5.69 Å². The molecule has 2 heterocycles. The van der Waals surface area contributed by atoms with Gasteiger partial charge < -0.3 is 25.3 Å². The van der Waals surface area contributed by atoms with Crippen molar-refractivity contribution < 1.29 is 26.7 Å². The van der Waals surface area contributed by atoms with E-state index in [-0.39, 0.29) is 16.7 Å². The Morgan fingerprint density at radius 3 is 2.19 bits per heavy atom. The summed E-state index contributed by atoms with van der Waals surface area (Å²) in [6.45, 7) is 1.40. The Kier molecular flexibility index (Phi) is 2.61. The number of hydrogen-bond acceptors (Lipinski definition) is 6. The van der Waals surface area contributed by atoms with E-state index in [1.54, 1.807) is 0 Å². The molecule has 7 nitrogen and oxygen atoms in total. The lowest BCUT2D eigenvalue weighted by molar-refractivity contribution is 0.394. The van der Waals surface area contributed by atoms with Crippen LogP contribution >= 0.6 is 0 Å². The van der Waals surface area contributed by atoms with Gasteiger partial charge in [0.15, 0.2) is 17.3 Å². The first-order valence-corrected chi connectivity index (χ1v) is 5.17. The van der Waals surface area contributed by atoms with Crippen molar-refractivity contribution in [3.63, 3.8) is 0 Å². The molecular formula is C7H9FN2O5S. The van der Waals surface area contributed by atoms with Crippen molar-refractivity contribution in [2.75, 3.05) is 11.5 Å². The maximum atomic E-state index is 13.4. The molecule has 0 spiro atoms. The van der Waals surface area contributed by atoms with Gasteiger partial charge in [0.25, 0.3) is 0 Å². The number of fused-ring (bicyclic) bond motifs is 4. The highest BCUT2D eigenvalue weighted by Crippen LogP contribution is 2.45. The van der Waals surface area contributed by atoms with Crippen molar-refractivity contribution in [3.05, 3.63) is 11.4 Å². The molecule has 2 bridgehead atoms. The molecule has 0 fully saturated rings. The van der Waals surface area contributed by atoms with Crippen molar-refractivity contribution in [2.45, 2.75) is 6.92 Å². The number of nitrogens with two attached hydrogens (primary N) is 2. The van der Waals surface area contributed by atoms with Gasteiger partial charge in [-0.3, -0.25) is 0 Å². The summed E-state index contributed by atoms with van der Waals surface area (Å²) >= 11 is 0. The van der Waals surface area contributed by atoms with Crippen LogP contribution in [0.2, 0.25) is 0 Å². The molecule has 16 heavy (non-hydrogen) atoms. The van der Waals surface area contributed by atoms with Crippen molar-refractivity contribution in [1.29, 1.82) is 0 Å². The van der Waals surface area contributed by atoms with Crippen molar-refractivity contribution in [3.8, 4) is 11.5 Å². The zero-order valence-electron chi connectivity index (χ0n) is 8.07. The zero-order valence-corrected chi connectivity index (χ0v) is 8.89. The maximum Gasteiger partial charge on any atom is 0.501 e. The van der Waals surface area contributed by atoms with Gasteiger partial charge in [0.05, 0.1) is 5.69 Å². The molecule has 2 aliphatic heterocycles. The summed E-state index contributed by atoms with van der Waals surface area (Å²) in [4.78, 5) is 0. The van der Waals surface area contributed by atoms with Crippen LogP contribution in [-0.2, 0) is 10.4 Å². The van der Waals surface area contributed by atoms with Gasteiger partial charge in [-0.2, -0.15) is 0 Å². The quantitative estimate of drug-likeness (QED) is 0.596. The second kappa shape index (κ2) is 3.39. The fraction of sp³-hybridized carbons (Fsp3) is 0.143. The molecule has 1 aromatic carbocycles. The van der Waals surface area contributed by atoms with Crippen LogP contribution in [0.4, 0.5) is 15.8 Å². The zero-order chi connectivity index (χ0) is 11.4. The summed E-state index contributed by atoms with van der Waals surface area (Å²) in [6.07, 6.45) is 0. The molecule has 9 heteroatoms. The van der Waals surface area contributed by atoms with E-state index < -0.39 is 33.4 Å². The predicted octanol–water partition coefficient (Wildman–Crippen LogP) is -0.510. The number of rotatable bonds is 0. The SMILES string of the molecule is Cc1c(N)c2c(N)c(F)c1OS(=O)(=O)O2.O. The Balaban J connectivity index is 0.00000128. The van der Waals surface area contributed by atoms with E-state index in [4.69, 9.17) is 11.5 Å². The molecule has 0 aliphatic carbocycles. The highest BCUT2D eigenvalue weighted by molar-refractivity contribution is 7.82. The minimum Gasteiger partial charge on any atom is -0.412 e. The average molecular weight is 252 g/mol. The Morgan fingerprint density at radius 1 is 1.12 bits per heavy atom. The lowest BCUT2D eigenvalue weighted by atomic mass is 10.1. The monoisotopic (exact) mass is 252 g/mol. The summed E-state index contributed by atoms with van der Waals surface area (Å²) in [5.74, 6) is -1.93. The van der Waals surface area contributed by atoms with Gasteiger partial charge in [0.2, 0.25) is 0 Å². The third-order valence-electron chi connectivity index (χ3n) is 2.04. The second-order valence-corrected chi connectivity index (χ2v) is 4.15. The maximum absolute atomic E-state index is 13.4. The van der Waals surface area contributed by atoms with Crippen LogP contribution in [0.25, 0.3) is 0 Å². The summed E-state index contributed by atoms with van der Waals surface area (Å²) in [6, 6.07) is 0. The normalized spacial score (nSPS) is 15.6. The Bertz CT molecular complexity index is 484. The van der Waals surface area contributed by atoms with E-state index in [2.05, 4.69) is 8.37 Å². The van der Waals surface area contributed by atoms with Gasteiger partial charge in [0, 0.05) is 5.56 Å². The molecule has 0 saturated carbocycles. The minimum absolute atomic E-state index is 0. The standard InChI is InChI=1S/C7H7FN2O4S.H2O/c1-2-4(9)7-5(10)3(8)6(2)13-15(11,12)14-7;/h9-10H2,1H3;1H2. The van der Waals surface area contributed by atoms with E-state index >= 15 is 0 Å². The lowest BCUT2D eigenvalue weighted by Crippen LogP contribution is -2.14. The summed E-state index contributed by atoms with van der Waals surface area (Å²) in [5.41, 5.74) is 10.4. The topological polar surface area (TPSA) is 136 Å². The highest BCUT2D eigenvalue weighted by atomic mass is 32.3. The fourth-order valence-corrected chi connectivity index (χ4v) is 2.05. The van der Waals surface area contributed by atoms with Gasteiger partial charge >= 0.3 is 10.4 Å². The highest BCUT2D eigenvalue weighted by Gasteiger charge is 2.33. The van der Waals surface area contributed by atoms with Crippen molar-refractivity contribution in [2.24, 2.45) is 0 Å². The van der Waals surface area contributed by atoms with Crippen molar-refractivity contribution >= 4 is 21.8 Å². The fourth-order valence-electron chi connectivity index (χ4n) is 1.23. The average Bonchev–Trinajstić information content (AvgIpc) is 2.29. The van der Waals surface area contributed by atoms with Crippen LogP contribution in [0, 0.1) is 12.7 Å². The van der Waals surface area contributed by atoms with Crippen LogP contribution in [-0.4, -0.2) is 13.9 Å². The molecule has 0 radical (unpaired) electrons. The van der Waals surface area contributed by atoms with Gasteiger partial charge in [-0.25, -0.2) is 4.39 Å². The number of nitrogen functional groups attached to an aromatic ring is 2. The summed E-state index contributed by atoms with van der Waals surface area (Å²) in [7, 11) is -4.34. The molecule has 6 N–H and O–H groups in total. The molecule has 0 amide bonds. The molecule has 1 aromatic rings. The summed E-state index contributed by atoms with van der Waals surface area (Å²) < 4.78 is 44.4. The molecule has 90 valence electrons. The van der Waals surface area contributed by atoms with E-state index in [1.807, 2.05) is 0 Å². The molecule has 0 saturated heterocycles. The first-order valence-electron chi connectivity index (χ1n) is 3.84. The van der Waals surface area contributed by atoms with Crippen molar-refractivity contribution in [1.82, 2.24) is 0 Å². The largest absolute Gasteiger partial charge is 0.501 e. The molecule has 0 aromatic heterocycles. The van der Waals surface area contributed by atoms with Gasteiger partial charge in [-0.1, -0.05) is 0 Å². The Labute approximate surface area is 90.4 Å². The molecule has 0 atom stereocenters. The first kappa shape index (κ1) is 12.3. The van der Waals surface area contributed by atoms with Gasteiger partial charge in [-0.15, -0.1) is 8.42 Å². The number of benzene rings is 1.